The molecule has 2 rings (SSSR count). The SMILES string of the molecule is COCCCN(CC(=O)Nc1nc(C)c(C)s1)C(=O)c1ccc(Br)cc1. The van der Waals surface area contributed by atoms with Crippen LogP contribution in [0.1, 0.15) is 27.3 Å². The minimum absolute atomic E-state index is 0.0315. The Morgan fingerprint density at radius 3 is 2.54 bits per heavy atom. The number of anilines is 1. The summed E-state index contributed by atoms with van der Waals surface area (Å²) in [6.07, 6.45) is 0.654. The maximum atomic E-state index is 12.8. The van der Waals surface area contributed by atoms with E-state index in [2.05, 4.69) is 26.2 Å². The zero-order chi connectivity index (χ0) is 19.1. The van der Waals surface area contributed by atoms with Crippen LogP contribution in [-0.4, -0.2) is 48.5 Å². The summed E-state index contributed by atoms with van der Waals surface area (Å²) < 4.78 is 5.95. The number of aryl methyl sites for hydroxylation is 2. The van der Waals surface area contributed by atoms with Gasteiger partial charge in [-0.1, -0.05) is 15.9 Å². The number of carbonyl (C=O) groups is 2. The van der Waals surface area contributed by atoms with Gasteiger partial charge in [-0.3, -0.25) is 9.59 Å². The van der Waals surface area contributed by atoms with Gasteiger partial charge in [-0.2, -0.15) is 0 Å². The van der Waals surface area contributed by atoms with Crippen molar-refractivity contribution in [2.45, 2.75) is 20.3 Å². The molecular weight excluding hydrogens is 418 g/mol. The molecule has 0 spiro atoms. The van der Waals surface area contributed by atoms with Gasteiger partial charge in [-0.05, 0) is 44.5 Å². The van der Waals surface area contributed by atoms with Crippen LogP contribution >= 0.6 is 27.3 Å². The van der Waals surface area contributed by atoms with E-state index in [-0.39, 0.29) is 18.4 Å². The maximum Gasteiger partial charge on any atom is 0.254 e. The summed E-state index contributed by atoms with van der Waals surface area (Å²) in [5, 5.41) is 3.33. The molecule has 2 amide bonds. The lowest BCUT2D eigenvalue weighted by molar-refractivity contribution is -0.116. The predicted octanol–water partition coefficient (Wildman–Crippen LogP) is 3.64. The molecule has 2 aromatic rings. The lowest BCUT2D eigenvalue weighted by atomic mass is 10.2. The van der Waals surface area contributed by atoms with Crippen molar-refractivity contribution in [3.05, 3.63) is 44.9 Å². The summed E-state index contributed by atoms with van der Waals surface area (Å²) in [5.74, 6) is -0.447. The molecule has 140 valence electrons. The van der Waals surface area contributed by atoms with E-state index < -0.39 is 0 Å². The maximum absolute atomic E-state index is 12.8. The highest BCUT2D eigenvalue weighted by Gasteiger charge is 2.19. The number of hydrogen-bond donors (Lipinski definition) is 1. The Morgan fingerprint density at radius 1 is 1.27 bits per heavy atom. The van der Waals surface area contributed by atoms with Gasteiger partial charge in [0.05, 0.1) is 5.69 Å². The Hall–Kier alpha value is -1.77. The number of carbonyl (C=O) groups excluding carboxylic acids is 2. The molecule has 0 radical (unpaired) electrons. The summed E-state index contributed by atoms with van der Waals surface area (Å²) in [5.41, 5.74) is 1.44. The number of nitrogens with zero attached hydrogens (tertiary/aromatic N) is 2. The van der Waals surface area contributed by atoms with Crippen LogP contribution in [0.3, 0.4) is 0 Å². The third-order valence-electron chi connectivity index (χ3n) is 3.76. The van der Waals surface area contributed by atoms with Crippen molar-refractivity contribution in [1.82, 2.24) is 9.88 Å². The third-order valence-corrected chi connectivity index (χ3v) is 5.28. The zero-order valence-corrected chi connectivity index (χ0v) is 17.4. The van der Waals surface area contributed by atoms with Crippen LogP contribution < -0.4 is 5.32 Å². The molecule has 26 heavy (non-hydrogen) atoms. The minimum atomic E-state index is -0.262. The zero-order valence-electron chi connectivity index (χ0n) is 15.0. The Balaban J connectivity index is 2.06. The smallest absolute Gasteiger partial charge is 0.254 e. The molecular formula is C18H22BrN3O3S. The van der Waals surface area contributed by atoms with Crippen LogP contribution in [0.25, 0.3) is 0 Å². The molecule has 6 nitrogen and oxygen atoms in total. The van der Waals surface area contributed by atoms with Crippen LogP contribution in [0.5, 0.6) is 0 Å². The molecule has 1 aromatic carbocycles. The average molecular weight is 440 g/mol. The highest BCUT2D eigenvalue weighted by Crippen LogP contribution is 2.21. The molecule has 0 fully saturated rings. The Kier molecular flexibility index (Phi) is 7.74. The van der Waals surface area contributed by atoms with Crippen molar-refractivity contribution in [2.75, 3.05) is 32.1 Å². The second-order valence-electron chi connectivity index (χ2n) is 5.79. The van der Waals surface area contributed by atoms with Crippen LogP contribution in [-0.2, 0) is 9.53 Å². The first-order valence-corrected chi connectivity index (χ1v) is 9.79. The number of nitrogens with one attached hydrogen (secondary N) is 1. The summed E-state index contributed by atoms with van der Waals surface area (Å²) >= 11 is 4.78. The number of amides is 2. The number of thiazole rings is 1. The first kappa shape index (κ1) is 20.5. The number of hydrogen-bond acceptors (Lipinski definition) is 5. The molecule has 0 aliphatic rings. The predicted molar refractivity (Wildman–Crippen MR) is 107 cm³/mol. The topological polar surface area (TPSA) is 71.5 Å². The molecule has 0 aliphatic heterocycles. The van der Waals surface area contributed by atoms with E-state index in [1.54, 1.807) is 19.2 Å². The van der Waals surface area contributed by atoms with Gasteiger partial charge in [0.2, 0.25) is 5.91 Å². The second kappa shape index (κ2) is 9.80. The first-order chi connectivity index (χ1) is 12.4. The Morgan fingerprint density at radius 2 is 1.96 bits per heavy atom. The van der Waals surface area contributed by atoms with Gasteiger partial charge in [-0.15, -0.1) is 11.3 Å². The van der Waals surface area contributed by atoms with Gasteiger partial charge in [0.1, 0.15) is 6.54 Å². The minimum Gasteiger partial charge on any atom is -0.385 e. The largest absolute Gasteiger partial charge is 0.385 e. The Labute approximate surface area is 165 Å². The number of rotatable bonds is 8. The van der Waals surface area contributed by atoms with Gasteiger partial charge in [0.15, 0.2) is 5.13 Å². The number of aromatic nitrogens is 1. The normalized spacial score (nSPS) is 10.6. The van der Waals surface area contributed by atoms with Gasteiger partial charge in [0, 0.05) is 35.2 Å². The molecule has 0 saturated carbocycles. The number of ether oxygens (including phenoxy) is 1. The van der Waals surface area contributed by atoms with Crippen molar-refractivity contribution in [1.29, 1.82) is 0 Å². The molecule has 8 heteroatoms. The van der Waals surface area contributed by atoms with E-state index in [9.17, 15) is 9.59 Å². The molecule has 0 unspecified atom stereocenters. The van der Waals surface area contributed by atoms with Crippen LogP contribution in [0, 0.1) is 13.8 Å². The van der Waals surface area contributed by atoms with Gasteiger partial charge >= 0.3 is 0 Å². The molecule has 1 aromatic heterocycles. The molecule has 1 N–H and O–H groups in total. The van der Waals surface area contributed by atoms with E-state index in [1.165, 1.54) is 16.2 Å². The van der Waals surface area contributed by atoms with Gasteiger partial charge < -0.3 is 15.0 Å². The standard InChI is InChI=1S/C18H22BrN3O3S/c1-12-13(2)26-18(20-12)21-16(23)11-22(9-4-10-25-3)17(24)14-5-7-15(19)8-6-14/h5-8H,4,9-11H2,1-3H3,(H,20,21,23). The number of halogens is 1. The molecule has 0 aliphatic carbocycles. The summed E-state index contributed by atoms with van der Waals surface area (Å²) in [7, 11) is 1.61. The van der Waals surface area contributed by atoms with Crippen LogP contribution in [0.2, 0.25) is 0 Å². The second-order valence-corrected chi connectivity index (χ2v) is 7.91. The van der Waals surface area contributed by atoms with Crippen molar-refractivity contribution >= 4 is 44.2 Å². The van der Waals surface area contributed by atoms with Gasteiger partial charge in [0.25, 0.3) is 5.91 Å². The quantitative estimate of drug-likeness (QED) is 0.637. The Bertz CT molecular complexity index is 742. The lowest BCUT2D eigenvalue weighted by Crippen LogP contribution is -2.39. The van der Waals surface area contributed by atoms with Crippen molar-refractivity contribution in [3.63, 3.8) is 0 Å². The van der Waals surface area contributed by atoms with E-state index >= 15 is 0 Å². The molecule has 0 bridgehead atoms. The third kappa shape index (κ3) is 5.89. The average Bonchev–Trinajstić information content (AvgIpc) is 2.91. The number of benzene rings is 1. The lowest BCUT2D eigenvalue weighted by Gasteiger charge is -2.22. The van der Waals surface area contributed by atoms with Crippen molar-refractivity contribution in [2.24, 2.45) is 0 Å². The van der Waals surface area contributed by atoms with Crippen molar-refractivity contribution < 1.29 is 14.3 Å². The van der Waals surface area contributed by atoms with Crippen LogP contribution in [0.15, 0.2) is 28.7 Å². The summed E-state index contributed by atoms with van der Waals surface area (Å²) in [4.78, 5) is 32.1. The van der Waals surface area contributed by atoms with Gasteiger partial charge in [-0.25, -0.2) is 4.98 Å². The molecule has 0 saturated heterocycles. The number of methoxy groups -OCH3 is 1. The van der Waals surface area contributed by atoms with E-state index in [1.807, 2.05) is 26.0 Å². The fraction of sp³-hybridized carbons (Fsp3) is 0.389. The summed E-state index contributed by atoms with van der Waals surface area (Å²) in [6, 6.07) is 7.09. The fourth-order valence-corrected chi connectivity index (χ4v) is 3.38. The monoisotopic (exact) mass is 439 g/mol. The fourth-order valence-electron chi connectivity index (χ4n) is 2.29. The first-order valence-electron chi connectivity index (χ1n) is 8.18. The highest BCUT2D eigenvalue weighted by molar-refractivity contribution is 9.10. The molecule has 0 atom stereocenters. The van der Waals surface area contributed by atoms with E-state index in [4.69, 9.17) is 4.74 Å². The van der Waals surface area contributed by atoms with Crippen molar-refractivity contribution in [3.8, 4) is 0 Å². The van der Waals surface area contributed by atoms with Crippen LogP contribution in [0.4, 0.5) is 5.13 Å². The molecule has 1 heterocycles. The van der Waals surface area contributed by atoms with E-state index in [0.29, 0.717) is 30.3 Å². The van der Waals surface area contributed by atoms with E-state index in [0.717, 1.165) is 15.0 Å². The highest BCUT2D eigenvalue weighted by atomic mass is 79.9. The summed E-state index contributed by atoms with van der Waals surface area (Å²) in [6.45, 7) is 4.78.